The van der Waals surface area contributed by atoms with Gasteiger partial charge in [0.05, 0.1) is 16.6 Å². The van der Waals surface area contributed by atoms with E-state index in [0.29, 0.717) is 0 Å². The molecular weight excluding hydrogens is 544 g/mol. The minimum absolute atomic E-state index is 0.135. The molecule has 0 fully saturated rings. The molecule has 0 saturated heterocycles. The maximum Gasteiger partial charge on any atom is 0.0643 e. The van der Waals surface area contributed by atoms with E-state index < -0.39 is 0 Å². The third kappa shape index (κ3) is 4.03. The van der Waals surface area contributed by atoms with Crippen LogP contribution in [-0.4, -0.2) is 9.13 Å². The number of hydrogen-bond donors (Lipinski definition) is 0. The first kappa shape index (κ1) is 25.9. The van der Waals surface area contributed by atoms with Crippen molar-refractivity contribution >= 4 is 49.2 Å². The van der Waals surface area contributed by atoms with Crippen LogP contribution in [0.4, 0.5) is 0 Å². The number of para-hydroxylation sites is 4. The molecule has 1 aliphatic rings. The zero-order chi connectivity index (χ0) is 30.0. The molecule has 0 N–H and O–H groups in total. The molecule has 0 radical (unpaired) electrons. The molecule has 2 heteroatoms. The second-order valence-electron chi connectivity index (χ2n) is 12.4. The van der Waals surface area contributed by atoms with Gasteiger partial charge in [0.15, 0.2) is 0 Å². The molecule has 0 bridgehead atoms. The number of hydrogen-bond acceptors (Lipinski definition) is 0. The highest BCUT2D eigenvalue weighted by atomic mass is 15.1. The van der Waals surface area contributed by atoms with Gasteiger partial charge in [-0.2, -0.15) is 0 Å². The summed E-state index contributed by atoms with van der Waals surface area (Å²) < 4.78 is 4.89. The maximum atomic E-state index is 2.52. The third-order valence-corrected chi connectivity index (χ3v) is 9.71. The third-order valence-electron chi connectivity index (χ3n) is 9.71. The minimum Gasteiger partial charge on any atom is -0.331 e. The summed E-state index contributed by atoms with van der Waals surface area (Å²) in [5.74, 6) is 0. The molecule has 9 rings (SSSR count). The number of nitrogens with zero attached hydrogens (tertiary/aromatic N) is 2. The first-order valence-electron chi connectivity index (χ1n) is 15.8. The molecule has 1 atom stereocenters. The Balaban J connectivity index is 0.998. The lowest BCUT2D eigenvalue weighted by atomic mass is 9.87. The fourth-order valence-corrected chi connectivity index (χ4v) is 7.43. The van der Waals surface area contributed by atoms with Crippen molar-refractivity contribution in [2.75, 3.05) is 0 Å². The second-order valence-corrected chi connectivity index (χ2v) is 12.4. The van der Waals surface area contributed by atoms with Gasteiger partial charge in [-0.25, -0.2) is 0 Å². The smallest absolute Gasteiger partial charge is 0.0643 e. The molecule has 6 aromatic carbocycles. The van der Waals surface area contributed by atoms with Crippen molar-refractivity contribution in [2.45, 2.75) is 18.9 Å². The van der Waals surface area contributed by atoms with Gasteiger partial charge in [-0.05, 0) is 72.0 Å². The summed E-state index contributed by atoms with van der Waals surface area (Å²) in [7, 11) is 0. The first-order valence-corrected chi connectivity index (χ1v) is 15.8. The van der Waals surface area contributed by atoms with Gasteiger partial charge in [-0.1, -0.05) is 127 Å². The summed E-state index contributed by atoms with van der Waals surface area (Å²) in [6.07, 6.45) is 8.04. The van der Waals surface area contributed by atoms with Crippen molar-refractivity contribution in [1.29, 1.82) is 0 Å². The summed E-state index contributed by atoms with van der Waals surface area (Å²) in [5.41, 5.74) is 11.1. The van der Waals surface area contributed by atoms with Gasteiger partial charge in [0.25, 0.3) is 0 Å². The van der Waals surface area contributed by atoms with E-state index in [-0.39, 0.29) is 5.54 Å². The van der Waals surface area contributed by atoms with Crippen molar-refractivity contribution in [1.82, 2.24) is 9.13 Å². The van der Waals surface area contributed by atoms with Crippen LogP contribution >= 0.6 is 0 Å². The van der Waals surface area contributed by atoms with E-state index >= 15 is 0 Å². The van der Waals surface area contributed by atoms with Gasteiger partial charge in [-0.3, -0.25) is 0 Å². The second kappa shape index (κ2) is 9.97. The average Bonchev–Trinajstić information content (AvgIpc) is 3.63. The topological polar surface area (TPSA) is 9.86 Å². The van der Waals surface area contributed by atoms with Gasteiger partial charge in [0, 0.05) is 38.3 Å². The van der Waals surface area contributed by atoms with Gasteiger partial charge >= 0.3 is 0 Å². The highest BCUT2D eigenvalue weighted by Crippen LogP contribution is 2.40. The lowest BCUT2D eigenvalue weighted by molar-refractivity contribution is 0.438. The highest BCUT2D eigenvalue weighted by molar-refractivity contribution is 6.09. The van der Waals surface area contributed by atoms with Gasteiger partial charge < -0.3 is 9.13 Å². The predicted octanol–water partition coefficient (Wildman–Crippen LogP) is 11.3. The monoisotopic (exact) mass is 576 g/mol. The Morgan fingerprint density at radius 3 is 1.38 bits per heavy atom. The van der Waals surface area contributed by atoms with Crippen LogP contribution in [0.1, 0.15) is 18.9 Å². The Morgan fingerprint density at radius 1 is 0.467 bits per heavy atom. The summed E-state index contributed by atoms with van der Waals surface area (Å²) in [6.45, 7) is 2.35. The van der Waals surface area contributed by atoms with Crippen molar-refractivity contribution < 1.29 is 0 Å². The van der Waals surface area contributed by atoms with Crippen LogP contribution in [0, 0.1) is 0 Å². The van der Waals surface area contributed by atoms with Crippen LogP contribution < -0.4 is 0 Å². The lowest BCUT2D eigenvalue weighted by Gasteiger charge is -2.32. The van der Waals surface area contributed by atoms with E-state index in [0.717, 1.165) is 6.42 Å². The Kier molecular flexibility index (Phi) is 5.73. The summed E-state index contributed by atoms with van der Waals surface area (Å²) in [5, 5.41) is 5.20. The number of rotatable bonds is 4. The molecule has 2 heterocycles. The minimum atomic E-state index is -0.135. The quantitative estimate of drug-likeness (QED) is 0.197. The largest absolute Gasteiger partial charge is 0.331 e. The van der Waals surface area contributed by atoms with Crippen molar-refractivity contribution in [3.63, 3.8) is 0 Å². The van der Waals surface area contributed by atoms with Gasteiger partial charge in [0.2, 0.25) is 0 Å². The molecule has 0 spiro atoms. The number of benzene rings is 6. The van der Waals surface area contributed by atoms with Crippen LogP contribution in [0.25, 0.3) is 66.0 Å². The summed E-state index contributed by atoms with van der Waals surface area (Å²) in [4.78, 5) is 0. The molecule has 0 saturated carbocycles. The molecule has 2 nitrogen and oxygen atoms in total. The van der Waals surface area contributed by atoms with Gasteiger partial charge in [-0.15, -0.1) is 0 Å². The lowest BCUT2D eigenvalue weighted by Crippen LogP contribution is -2.28. The van der Waals surface area contributed by atoms with Crippen LogP contribution in [-0.2, 0) is 5.54 Å². The Morgan fingerprint density at radius 2 is 0.889 bits per heavy atom. The summed E-state index contributed by atoms with van der Waals surface area (Å²) in [6, 6.07) is 52.9. The molecular formula is C43H32N2. The van der Waals surface area contributed by atoms with E-state index in [9.17, 15) is 0 Å². The fourth-order valence-electron chi connectivity index (χ4n) is 7.43. The normalized spacial score (nSPS) is 16.6. The number of fused-ring (bicyclic) bond motifs is 6. The van der Waals surface area contributed by atoms with E-state index in [4.69, 9.17) is 0 Å². The van der Waals surface area contributed by atoms with Gasteiger partial charge in [0.1, 0.15) is 0 Å². The maximum absolute atomic E-state index is 2.52. The van der Waals surface area contributed by atoms with Crippen molar-refractivity contribution in [3.8, 4) is 16.8 Å². The molecule has 1 unspecified atom stereocenters. The van der Waals surface area contributed by atoms with Crippen LogP contribution in [0.2, 0.25) is 0 Å². The zero-order valence-corrected chi connectivity index (χ0v) is 25.2. The average molecular weight is 577 g/mol. The fraction of sp³-hybridized carbons (Fsp3) is 0.0698. The zero-order valence-electron chi connectivity index (χ0n) is 25.2. The first-order chi connectivity index (χ1) is 22.2. The molecule has 45 heavy (non-hydrogen) atoms. The number of aromatic nitrogens is 2. The van der Waals surface area contributed by atoms with Crippen molar-refractivity contribution in [3.05, 3.63) is 169 Å². The molecule has 2 aromatic heterocycles. The number of allylic oxidation sites excluding steroid dienone is 4. The van der Waals surface area contributed by atoms with E-state index in [1.165, 1.54) is 71.6 Å². The van der Waals surface area contributed by atoms with E-state index in [1.807, 2.05) is 0 Å². The van der Waals surface area contributed by atoms with E-state index in [1.54, 1.807) is 0 Å². The van der Waals surface area contributed by atoms with Crippen LogP contribution in [0.15, 0.2) is 164 Å². The molecule has 0 amide bonds. The molecule has 214 valence electrons. The SMILES string of the molecule is CC1(n2c3ccccc3c3ccccc32)C=CC(c2ccc(-c3ccc(-n4c5ccccc5c5ccccc54)cc3)cc2)=CC1. The Bertz CT molecular complexity index is 2340. The van der Waals surface area contributed by atoms with Crippen LogP contribution in [0.5, 0.6) is 0 Å². The molecule has 1 aliphatic carbocycles. The van der Waals surface area contributed by atoms with Crippen LogP contribution in [0.3, 0.4) is 0 Å². The predicted molar refractivity (Wildman–Crippen MR) is 191 cm³/mol. The van der Waals surface area contributed by atoms with Crippen molar-refractivity contribution in [2.24, 2.45) is 0 Å². The standard InChI is InChI=1S/C43H32N2/c1-43(45-41-16-8-4-12-37(41)38-13-5-9-17-42(38)45)28-26-33(27-29-43)31-20-18-30(19-21-31)32-22-24-34(25-23-32)44-39-14-6-2-10-35(39)36-11-3-7-15-40(36)44/h2-28H,29H2,1H3. The molecule has 8 aromatic rings. The highest BCUT2D eigenvalue weighted by Gasteiger charge is 2.28. The van der Waals surface area contributed by atoms with E-state index in [2.05, 4.69) is 180 Å². The Hall–Kier alpha value is -5.60. The Labute approximate surface area is 262 Å². The summed E-state index contributed by atoms with van der Waals surface area (Å²) >= 11 is 0. The molecule has 0 aliphatic heterocycles.